The number of nitrogens with two attached hydrogens (primary N) is 1. The van der Waals surface area contributed by atoms with Gasteiger partial charge in [0, 0.05) is 0 Å². The first-order valence-corrected chi connectivity index (χ1v) is 11.1. The van der Waals surface area contributed by atoms with Crippen LogP contribution in [0.4, 0.5) is 0 Å². The molecular formula is C24H44ClN. The predicted octanol–water partition coefficient (Wildman–Crippen LogP) is 7.56. The molecule has 1 nitrogen and oxygen atoms in total. The standard InChI is InChI=1S/C24H43N.ClH/c1-3-5-7-8-9-10-15-18-23(20-22-16-13-11-14-17-22)24(21-25)19-12-6-4-2;/h11,13-14,16-17,23-24H,3-10,12,15,18-21,25H2,1-2H3;1H. The Labute approximate surface area is 169 Å². The number of halogens is 1. The van der Waals surface area contributed by atoms with Gasteiger partial charge in [-0.2, -0.15) is 0 Å². The van der Waals surface area contributed by atoms with Crippen molar-refractivity contribution in [3.8, 4) is 0 Å². The number of hydrogen-bond donors (Lipinski definition) is 1. The van der Waals surface area contributed by atoms with Crippen LogP contribution in [0.3, 0.4) is 0 Å². The Balaban J connectivity index is 0.00000625. The van der Waals surface area contributed by atoms with Gasteiger partial charge in [-0.05, 0) is 43.2 Å². The summed E-state index contributed by atoms with van der Waals surface area (Å²) in [7, 11) is 0. The summed E-state index contributed by atoms with van der Waals surface area (Å²) in [5.74, 6) is 1.46. The van der Waals surface area contributed by atoms with E-state index in [0.29, 0.717) is 5.92 Å². The molecule has 0 radical (unpaired) electrons. The zero-order valence-electron chi connectivity index (χ0n) is 17.4. The van der Waals surface area contributed by atoms with Crippen molar-refractivity contribution >= 4 is 12.4 Å². The Morgan fingerprint density at radius 2 is 1.19 bits per heavy atom. The topological polar surface area (TPSA) is 26.0 Å². The van der Waals surface area contributed by atoms with E-state index >= 15 is 0 Å². The zero-order chi connectivity index (χ0) is 18.2. The number of hydrogen-bond acceptors (Lipinski definition) is 1. The number of unbranched alkanes of at least 4 members (excludes halogenated alkanes) is 8. The van der Waals surface area contributed by atoms with Gasteiger partial charge >= 0.3 is 0 Å². The molecule has 1 aromatic carbocycles. The fourth-order valence-electron chi connectivity index (χ4n) is 3.99. The van der Waals surface area contributed by atoms with E-state index in [2.05, 4.69) is 44.2 Å². The molecule has 1 aromatic rings. The van der Waals surface area contributed by atoms with Crippen LogP contribution >= 0.6 is 12.4 Å². The SMILES string of the molecule is CCCCCCCCCC(Cc1ccccc1)C(CN)CCCCC.Cl. The van der Waals surface area contributed by atoms with Crippen molar-refractivity contribution in [1.29, 1.82) is 0 Å². The van der Waals surface area contributed by atoms with Crippen LogP contribution < -0.4 is 5.73 Å². The van der Waals surface area contributed by atoms with Crippen LogP contribution in [0.5, 0.6) is 0 Å². The first-order valence-electron chi connectivity index (χ1n) is 11.1. The molecule has 0 fully saturated rings. The van der Waals surface area contributed by atoms with Gasteiger partial charge in [0.2, 0.25) is 0 Å². The summed E-state index contributed by atoms with van der Waals surface area (Å²) >= 11 is 0. The molecule has 0 saturated carbocycles. The first kappa shape index (κ1) is 25.5. The Bertz CT molecular complexity index is 392. The lowest BCUT2D eigenvalue weighted by atomic mass is 9.80. The minimum atomic E-state index is 0. The molecule has 0 aliphatic rings. The zero-order valence-corrected chi connectivity index (χ0v) is 18.2. The van der Waals surface area contributed by atoms with Crippen LogP contribution in [-0.4, -0.2) is 6.54 Å². The lowest BCUT2D eigenvalue weighted by molar-refractivity contribution is 0.283. The van der Waals surface area contributed by atoms with Crippen molar-refractivity contribution < 1.29 is 0 Å². The van der Waals surface area contributed by atoms with E-state index in [1.165, 1.54) is 89.0 Å². The highest BCUT2D eigenvalue weighted by molar-refractivity contribution is 5.85. The van der Waals surface area contributed by atoms with Crippen LogP contribution in [0.25, 0.3) is 0 Å². The van der Waals surface area contributed by atoms with E-state index < -0.39 is 0 Å². The molecule has 0 saturated heterocycles. The smallest absolute Gasteiger partial charge is 0.00461 e. The van der Waals surface area contributed by atoms with Crippen LogP contribution in [0.1, 0.15) is 96.5 Å². The largest absolute Gasteiger partial charge is 0.330 e. The van der Waals surface area contributed by atoms with Gasteiger partial charge in [-0.25, -0.2) is 0 Å². The molecule has 2 heteroatoms. The molecule has 0 spiro atoms. The van der Waals surface area contributed by atoms with Crippen molar-refractivity contribution in [3.63, 3.8) is 0 Å². The van der Waals surface area contributed by atoms with Gasteiger partial charge in [0.05, 0.1) is 0 Å². The highest BCUT2D eigenvalue weighted by Crippen LogP contribution is 2.27. The molecule has 2 unspecified atom stereocenters. The van der Waals surface area contributed by atoms with Crippen LogP contribution in [-0.2, 0) is 6.42 Å². The fourth-order valence-corrected chi connectivity index (χ4v) is 3.99. The number of benzene rings is 1. The summed E-state index contributed by atoms with van der Waals surface area (Å²) in [5, 5.41) is 0. The first-order chi connectivity index (χ1) is 12.3. The Morgan fingerprint density at radius 1 is 0.692 bits per heavy atom. The van der Waals surface area contributed by atoms with Gasteiger partial charge in [0.1, 0.15) is 0 Å². The second-order valence-corrected chi connectivity index (χ2v) is 7.85. The maximum absolute atomic E-state index is 6.19. The molecule has 2 N–H and O–H groups in total. The second kappa shape index (κ2) is 17.9. The molecule has 0 aromatic heterocycles. The fraction of sp³-hybridized carbons (Fsp3) is 0.750. The normalized spacial score (nSPS) is 13.2. The highest BCUT2D eigenvalue weighted by atomic mass is 35.5. The molecule has 1 rings (SSSR count). The summed E-state index contributed by atoms with van der Waals surface area (Å²) in [6.07, 6.45) is 17.7. The molecular weight excluding hydrogens is 338 g/mol. The molecule has 2 atom stereocenters. The quantitative estimate of drug-likeness (QED) is 0.293. The van der Waals surface area contributed by atoms with E-state index in [4.69, 9.17) is 5.73 Å². The van der Waals surface area contributed by atoms with Gasteiger partial charge in [-0.15, -0.1) is 12.4 Å². The minimum Gasteiger partial charge on any atom is -0.330 e. The lowest BCUT2D eigenvalue weighted by Crippen LogP contribution is -2.25. The molecule has 26 heavy (non-hydrogen) atoms. The van der Waals surface area contributed by atoms with Gasteiger partial charge in [0.15, 0.2) is 0 Å². The lowest BCUT2D eigenvalue weighted by Gasteiger charge is -2.26. The third kappa shape index (κ3) is 12.0. The molecule has 0 bridgehead atoms. The highest BCUT2D eigenvalue weighted by Gasteiger charge is 2.20. The summed E-state index contributed by atoms with van der Waals surface area (Å²) in [6.45, 7) is 5.44. The van der Waals surface area contributed by atoms with E-state index in [0.717, 1.165) is 12.5 Å². The molecule has 0 heterocycles. The van der Waals surface area contributed by atoms with Crippen LogP contribution in [0, 0.1) is 11.8 Å². The summed E-state index contributed by atoms with van der Waals surface area (Å²) in [6, 6.07) is 11.1. The third-order valence-electron chi connectivity index (χ3n) is 5.67. The van der Waals surface area contributed by atoms with Crippen molar-refractivity contribution in [3.05, 3.63) is 35.9 Å². The average Bonchev–Trinajstić information content (AvgIpc) is 2.65. The minimum absolute atomic E-state index is 0. The van der Waals surface area contributed by atoms with Gasteiger partial charge in [-0.3, -0.25) is 0 Å². The van der Waals surface area contributed by atoms with Crippen molar-refractivity contribution in [2.45, 2.75) is 97.3 Å². The summed E-state index contributed by atoms with van der Waals surface area (Å²) in [5.41, 5.74) is 7.68. The van der Waals surface area contributed by atoms with Gasteiger partial charge in [-0.1, -0.05) is 108 Å². The average molecular weight is 382 g/mol. The monoisotopic (exact) mass is 381 g/mol. The predicted molar refractivity (Wildman–Crippen MR) is 120 cm³/mol. The molecule has 152 valence electrons. The van der Waals surface area contributed by atoms with E-state index in [1.54, 1.807) is 0 Å². The third-order valence-corrected chi connectivity index (χ3v) is 5.67. The van der Waals surface area contributed by atoms with Crippen molar-refractivity contribution in [1.82, 2.24) is 0 Å². The van der Waals surface area contributed by atoms with Crippen LogP contribution in [0.15, 0.2) is 30.3 Å². The molecule has 0 amide bonds. The molecule has 0 aliphatic heterocycles. The van der Waals surface area contributed by atoms with Crippen molar-refractivity contribution in [2.24, 2.45) is 17.6 Å². The molecule has 0 aliphatic carbocycles. The number of rotatable bonds is 16. The Hall–Kier alpha value is -0.530. The Morgan fingerprint density at radius 3 is 1.81 bits per heavy atom. The van der Waals surface area contributed by atoms with Crippen LogP contribution in [0.2, 0.25) is 0 Å². The van der Waals surface area contributed by atoms with E-state index in [9.17, 15) is 0 Å². The Kier molecular flexibility index (Phi) is 17.5. The van der Waals surface area contributed by atoms with Gasteiger partial charge in [0.25, 0.3) is 0 Å². The second-order valence-electron chi connectivity index (χ2n) is 7.85. The van der Waals surface area contributed by atoms with E-state index in [-0.39, 0.29) is 12.4 Å². The van der Waals surface area contributed by atoms with Gasteiger partial charge < -0.3 is 5.73 Å². The maximum atomic E-state index is 6.19. The maximum Gasteiger partial charge on any atom is -0.00461 e. The van der Waals surface area contributed by atoms with Crippen molar-refractivity contribution in [2.75, 3.05) is 6.54 Å². The summed E-state index contributed by atoms with van der Waals surface area (Å²) < 4.78 is 0. The summed E-state index contributed by atoms with van der Waals surface area (Å²) in [4.78, 5) is 0. The van der Waals surface area contributed by atoms with E-state index in [1.807, 2.05) is 0 Å².